The van der Waals surface area contributed by atoms with Gasteiger partial charge in [0.25, 0.3) is 0 Å². The normalized spacial score (nSPS) is 19.3. The van der Waals surface area contributed by atoms with E-state index in [1.807, 2.05) is 17.4 Å². The van der Waals surface area contributed by atoms with Crippen LogP contribution in [0.3, 0.4) is 0 Å². The number of hydrogen-bond donors (Lipinski definition) is 1. The first-order valence-corrected chi connectivity index (χ1v) is 7.81. The molecule has 1 saturated heterocycles. The van der Waals surface area contributed by atoms with E-state index in [9.17, 15) is 0 Å². The molecule has 1 aliphatic rings. The molecular formula is C14H15BrN2S. The van der Waals surface area contributed by atoms with Gasteiger partial charge in [0.1, 0.15) is 5.01 Å². The van der Waals surface area contributed by atoms with Gasteiger partial charge in [-0.15, -0.1) is 11.3 Å². The predicted octanol–water partition coefficient (Wildman–Crippen LogP) is 4.31. The third-order valence-corrected chi connectivity index (χ3v) is 4.85. The molecule has 18 heavy (non-hydrogen) atoms. The summed E-state index contributed by atoms with van der Waals surface area (Å²) in [5.74, 6) is 0. The molecule has 1 aromatic heterocycles. The van der Waals surface area contributed by atoms with Gasteiger partial charge in [-0.25, -0.2) is 4.98 Å². The molecular weight excluding hydrogens is 308 g/mol. The first-order chi connectivity index (χ1) is 8.74. The maximum absolute atomic E-state index is 4.84. The first-order valence-electron chi connectivity index (χ1n) is 6.20. The Morgan fingerprint density at radius 2 is 2.33 bits per heavy atom. The van der Waals surface area contributed by atoms with Gasteiger partial charge in [0.15, 0.2) is 0 Å². The van der Waals surface area contributed by atoms with Gasteiger partial charge in [-0.1, -0.05) is 28.1 Å². The number of nitrogens with zero attached hydrogens (tertiary/aromatic N) is 1. The van der Waals surface area contributed by atoms with Crippen molar-refractivity contribution in [1.82, 2.24) is 10.3 Å². The SMILES string of the molecule is Cc1sc(C2CCCN2)nc1-c1cccc(Br)c1. The van der Waals surface area contributed by atoms with E-state index in [4.69, 9.17) is 4.98 Å². The van der Waals surface area contributed by atoms with Gasteiger partial charge >= 0.3 is 0 Å². The summed E-state index contributed by atoms with van der Waals surface area (Å²) in [5, 5.41) is 4.75. The Morgan fingerprint density at radius 1 is 1.44 bits per heavy atom. The molecule has 4 heteroatoms. The molecule has 2 heterocycles. The summed E-state index contributed by atoms with van der Waals surface area (Å²) in [6, 6.07) is 8.83. The Morgan fingerprint density at radius 3 is 3.06 bits per heavy atom. The Balaban J connectivity index is 1.97. The van der Waals surface area contributed by atoms with E-state index in [1.54, 1.807) is 0 Å². The lowest BCUT2D eigenvalue weighted by Gasteiger charge is -2.04. The number of hydrogen-bond acceptors (Lipinski definition) is 3. The highest BCUT2D eigenvalue weighted by atomic mass is 79.9. The number of benzene rings is 1. The largest absolute Gasteiger partial charge is 0.308 e. The van der Waals surface area contributed by atoms with Crippen molar-refractivity contribution in [1.29, 1.82) is 0 Å². The molecule has 0 spiro atoms. The Kier molecular flexibility index (Phi) is 3.50. The summed E-state index contributed by atoms with van der Waals surface area (Å²) in [6.45, 7) is 3.28. The summed E-state index contributed by atoms with van der Waals surface area (Å²) in [5.41, 5.74) is 2.33. The number of aryl methyl sites for hydroxylation is 1. The number of halogens is 1. The van der Waals surface area contributed by atoms with E-state index >= 15 is 0 Å². The molecule has 0 saturated carbocycles. The van der Waals surface area contributed by atoms with Crippen molar-refractivity contribution in [2.75, 3.05) is 6.54 Å². The van der Waals surface area contributed by atoms with Crippen LogP contribution in [0.25, 0.3) is 11.3 Å². The quantitative estimate of drug-likeness (QED) is 0.891. The Labute approximate surface area is 120 Å². The molecule has 1 unspecified atom stereocenters. The van der Waals surface area contributed by atoms with Gasteiger partial charge in [-0.05, 0) is 38.4 Å². The van der Waals surface area contributed by atoms with Crippen LogP contribution in [0.4, 0.5) is 0 Å². The van der Waals surface area contributed by atoms with Gasteiger partial charge in [-0.2, -0.15) is 0 Å². The third kappa shape index (κ3) is 2.37. The van der Waals surface area contributed by atoms with E-state index < -0.39 is 0 Å². The topological polar surface area (TPSA) is 24.9 Å². The monoisotopic (exact) mass is 322 g/mol. The van der Waals surface area contributed by atoms with Gasteiger partial charge in [0.2, 0.25) is 0 Å². The average molecular weight is 323 g/mol. The Bertz CT molecular complexity index is 559. The number of aromatic nitrogens is 1. The minimum atomic E-state index is 0.467. The first kappa shape index (κ1) is 12.3. The second-order valence-corrected chi connectivity index (χ2v) is 6.77. The molecule has 1 N–H and O–H groups in total. The summed E-state index contributed by atoms with van der Waals surface area (Å²) in [7, 11) is 0. The molecule has 1 aliphatic heterocycles. The van der Waals surface area contributed by atoms with Crippen LogP contribution in [0.15, 0.2) is 28.7 Å². The maximum atomic E-state index is 4.84. The van der Waals surface area contributed by atoms with Crippen LogP contribution in [0.5, 0.6) is 0 Å². The lowest BCUT2D eigenvalue weighted by molar-refractivity contribution is 0.643. The standard InChI is InChI=1S/C14H15BrN2S/c1-9-13(10-4-2-5-11(15)8-10)17-14(18-9)12-6-3-7-16-12/h2,4-5,8,12,16H,3,6-7H2,1H3. The smallest absolute Gasteiger partial charge is 0.111 e. The molecule has 2 aromatic rings. The lowest BCUT2D eigenvalue weighted by atomic mass is 10.1. The molecule has 0 bridgehead atoms. The van der Waals surface area contributed by atoms with Crippen LogP contribution in [0, 0.1) is 6.92 Å². The molecule has 2 nitrogen and oxygen atoms in total. The summed E-state index contributed by atoms with van der Waals surface area (Å²) < 4.78 is 1.10. The number of nitrogens with one attached hydrogen (secondary N) is 1. The van der Waals surface area contributed by atoms with E-state index in [0.29, 0.717) is 6.04 Å². The predicted molar refractivity (Wildman–Crippen MR) is 80.0 cm³/mol. The van der Waals surface area contributed by atoms with Crippen LogP contribution in [0.1, 0.15) is 28.8 Å². The molecule has 1 atom stereocenters. The molecule has 0 amide bonds. The lowest BCUT2D eigenvalue weighted by Crippen LogP contribution is -2.12. The van der Waals surface area contributed by atoms with Crippen molar-refractivity contribution in [2.45, 2.75) is 25.8 Å². The highest BCUT2D eigenvalue weighted by Crippen LogP contribution is 2.34. The second kappa shape index (κ2) is 5.11. The van der Waals surface area contributed by atoms with Crippen LogP contribution >= 0.6 is 27.3 Å². The van der Waals surface area contributed by atoms with Gasteiger partial charge < -0.3 is 5.32 Å². The van der Waals surface area contributed by atoms with Crippen LogP contribution in [-0.2, 0) is 0 Å². The highest BCUT2D eigenvalue weighted by molar-refractivity contribution is 9.10. The van der Waals surface area contributed by atoms with Crippen molar-refractivity contribution in [3.8, 4) is 11.3 Å². The van der Waals surface area contributed by atoms with E-state index in [-0.39, 0.29) is 0 Å². The van der Waals surface area contributed by atoms with Crippen molar-refractivity contribution in [3.63, 3.8) is 0 Å². The molecule has 0 aliphatic carbocycles. The van der Waals surface area contributed by atoms with Crippen molar-refractivity contribution < 1.29 is 0 Å². The van der Waals surface area contributed by atoms with E-state index in [2.05, 4.69) is 46.4 Å². The minimum absolute atomic E-state index is 0.467. The maximum Gasteiger partial charge on any atom is 0.111 e. The minimum Gasteiger partial charge on any atom is -0.308 e. The van der Waals surface area contributed by atoms with Gasteiger partial charge in [-0.3, -0.25) is 0 Å². The van der Waals surface area contributed by atoms with E-state index in [1.165, 1.54) is 28.3 Å². The molecule has 94 valence electrons. The van der Waals surface area contributed by atoms with E-state index in [0.717, 1.165) is 16.7 Å². The molecule has 1 aromatic carbocycles. The van der Waals surface area contributed by atoms with Crippen molar-refractivity contribution in [3.05, 3.63) is 38.6 Å². The van der Waals surface area contributed by atoms with Crippen molar-refractivity contribution >= 4 is 27.3 Å². The molecule has 3 rings (SSSR count). The Hall–Kier alpha value is -0.710. The zero-order valence-electron chi connectivity index (χ0n) is 10.2. The number of rotatable bonds is 2. The summed E-state index contributed by atoms with van der Waals surface area (Å²) in [6.07, 6.45) is 2.47. The zero-order chi connectivity index (χ0) is 12.5. The van der Waals surface area contributed by atoms with Gasteiger partial charge in [0, 0.05) is 14.9 Å². The number of thiazole rings is 1. The van der Waals surface area contributed by atoms with Crippen LogP contribution in [-0.4, -0.2) is 11.5 Å². The molecule has 0 radical (unpaired) electrons. The second-order valence-electron chi connectivity index (χ2n) is 4.62. The highest BCUT2D eigenvalue weighted by Gasteiger charge is 2.21. The molecule has 1 fully saturated rings. The van der Waals surface area contributed by atoms with Gasteiger partial charge in [0.05, 0.1) is 11.7 Å². The average Bonchev–Trinajstić information content (AvgIpc) is 2.97. The summed E-state index contributed by atoms with van der Waals surface area (Å²) >= 11 is 5.34. The third-order valence-electron chi connectivity index (χ3n) is 3.27. The fourth-order valence-electron chi connectivity index (χ4n) is 2.36. The summed E-state index contributed by atoms with van der Waals surface area (Å²) in [4.78, 5) is 6.14. The zero-order valence-corrected chi connectivity index (χ0v) is 12.6. The van der Waals surface area contributed by atoms with Crippen LogP contribution < -0.4 is 5.32 Å². The van der Waals surface area contributed by atoms with Crippen molar-refractivity contribution in [2.24, 2.45) is 0 Å². The fraction of sp³-hybridized carbons (Fsp3) is 0.357. The van der Waals surface area contributed by atoms with Crippen LogP contribution in [0.2, 0.25) is 0 Å². The fourth-order valence-corrected chi connectivity index (χ4v) is 3.82.